The van der Waals surface area contributed by atoms with Crippen LogP contribution in [0, 0.1) is 0 Å². The predicted octanol–water partition coefficient (Wildman–Crippen LogP) is 1.87. The quantitative estimate of drug-likeness (QED) is 0.418. The van der Waals surface area contributed by atoms with Crippen LogP contribution in [-0.2, 0) is 20.9 Å². The van der Waals surface area contributed by atoms with Gasteiger partial charge in [0.2, 0.25) is 5.78 Å². The third-order valence-corrected chi connectivity index (χ3v) is 1.77. The highest BCUT2D eigenvalue weighted by atomic mass is 16.5. The molecule has 15 heavy (non-hydrogen) atoms. The summed E-state index contributed by atoms with van der Waals surface area (Å²) in [6.45, 7) is 3.50. The van der Waals surface area contributed by atoms with Gasteiger partial charge in [0.15, 0.2) is 0 Å². The van der Waals surface area contributed by atoms with E-state index in [0.29, 0.717) is 0 Å². The van der Waals surface area contributed by atoms with E-state index in [9.17, 15) is 9.59 Å². The van der Waals surface area contributed by atoms with Gasteiger partial charge in [0.25, 0.3) is 0 Å². The second kappa shape index (κ2) is 5.75. The Morgan fingerprint density at radius 1 is 1.27 bits per heavy atom. The first-order chi connectivity index (χ1) is 7.24. The number of carbonyl (C=O) groups is 2. The Kier molecular flexibility index (Phi) is 4.29. The maximum atomic E-state index is 11.1. The second-order valence-corrected chi connectivity index (χ2v) is 2.98. The summed E-state index contributed by atoms with van der Waals surface area (Å²) in [6.07, 6.45) is 1.40. The Hall–Kier alpha value is -1.90. The van der Waals surface area contributed by atoms with Crippen LogP contribution in [0.5, 0.6) is 0 Å². The number of hydrogen-bond acceptors (Lipinski definition) is 3. The number of carbonyl (C=O) groups excluding carboxylic acids is 2. The first-order valence-corrected chi connectivity index (χ1v) is 4.59. The van der Waals surface area contributed by atoms with Crippen molar-refractivity contribution < 1.29 is 14.3 Å². The average molecular weight is 204 g/mol. The summed E-state index contributed by atoms with van der Waals surface area (Å²) >= 11 is 0. The zero-order valence-corrected chi connectivity index (χ0v) is 8.31. The summed E-state index contributed by atoms with van der Waals surface area (Å²) in [5, 5.41) is 0. The molecular formula is C12H12O3. The molecule has 0 radical (unpaired) electrons. The van der Waals surface area contributed by atoms with Gasteiger partial charge in [0.05, 0.1) is 0 Å². The molecule has 0 unspecified atom stereocenters. The molecule has 0 spiro atoms. The van der Waals surface area contributed by atoms with E-state index in [2.05, 4.69) is 6.58 Å². The van der Waals surface area contributed by atoms with E-state index in [1.807, 2.05) is 30.3 Å². The van der Waals surface area contributed by atoms with Crippen molar-refractivity contribution in [3.63, 3.8) is 0 Å². The van der Waals surface area contributed by atoms with Crippen molar-refractivity contribution in [3.8, 4) is 0 Å². The van der Waals surface area contributed by atoms with E-state index < -0.39 is 11.8 Å². The van der Waals surface area contributed by atoms with Crippen LogP contribution in [0.15, 0.2) is 43.0 Å². The van der Waals surface area contributed by atoms with E-state index in [1.165, 1.54) is 6.08 Å². The van der Waals surface area contributed by atoms with E-state index in [-0.39, 0.29) is 13.0 Å². The van der Waals surface area contributed by atoms with Crippen LogP contribution >= 0.6 is 0 Å². The van der Waals surface area contributed by atoms with Crippen molar-refractivity contribution in [2.24, 2.45) is 0 Å². The largest absolute Gasteiger partial charge is 0.455 e. The molecule has 1 aromatic carbocycles. The van der Waals surface area contributed by atoms with Gasteiger partial charge in [-0.05, 0) is 5.56 Å². The molecule has 0 amide bonds. The molecule has 0 aromatic heterocycles. The number of ketones is 1. The SMILES string of the molecule is C=CCC(=O)C(=O)OCc1ccccc1. The molecule has 78 valence electrons. The molecule has 0 saturated heterocycles. The smallest absolute Gasteiger partial charge is 0.375 e. The molecule has 0 bridgehead atoms. The van der Waals surface area contributed by atoms with Crippen molar-refractivity contribution in [2.75, 3.05) is 0 Å². The van der Waals surface area contributed by atoms with Crippen LogP contribution in [0.25, 0.3) is 0 Å². The second-order valence-electron chi connectivity index (χ2n) is 2.98. The molecule has 1 rings (SSSR count). The number of hydrogen-bond donors (Lipinski definition) is 0. The Balaban J connectivity index is 2.41. The molecule has 1 aromatic rings. The summed E-state index contributed by atoms with van der Waals surface area (Å²) in [5.74, 6) is -1.38. The molecule has 3 nitrogen and oxygen atoms in total. The van der Waals surface area contributed by atoms with Crippen LogP contribution in [0.2, 0.25) is 0 Å². The molecule has 0 aliphatic heterocycles. The zero-order chi connectivity index (χ0) is 11.1. The minimum Gasteiger partial charge on any atom is -0.455 e. The van der Waals surface area contributed by atoms with E-state index in [0.717, 1.165) is 5.56 Å². The zero-order valence-electron chi connectivity index (χ0n) is 8.31. The summed E-state index contributed by atoms with van der Waals surface area (Å²) in [5.41, 5.74) is 0.859. The van der Waals surface area contributed by atoms with Crippen LogP contribution in [0.4, 0.5) is 0 Å². The molecule has 0 atom stereocenters. The Morgan fingerprint density at radius 2 is 1.93 bits per heavy atom. The van der Waals surface area contributed by atoms with Crippen LogP contribution in [0.3, 0.4) is 0 Å². The molecule has 0 fully saturated rings. The van der Waals surface area contributed by atoms with Gasteiger partial charge in [-0.3, -0.25) is 4.79 Å². The maximum Gasteiger partial charge on any atom is 0.375 e. The lowest BCUT2D eigenvalue weighted by Gasteiger charge is -2.02. The molecular weight excluding hydrogens is 192 g/mol. The summed E-state index contributed by atoms with van der Waals surface area (Å²) in [4.78, 5) is 22.1. The molecule has 0 N–H and O–H groups in total. The molecule has 0 aliphatic carbocycles. The van der Waals surface area contributed by atoms with Gasteiger partial charge in [-0.15, -0.1) is 6.58 Å². The predicted molar refractivity (Wildman–Crippen MR) is 56.1 cm³/mol. The first kappa shape index (κ1) is 11.2. The van der Waals surface area contributed by atoms with Crippen molar-refractivity contribution in [1.29, 1.82) is 0 Å². The highest BCUT2D eigenvalue weighted by Crippen LogP contribution is 2.01. The fourth-order valence-electron chi connectivity index (χ4n) is 1.02. The van der Waals surface area contributed by atoms with Gasteiger partial charge in [-0.1, -0.05) is 36.4 Å². The molecule has 3 heteroatoms. The van der Waals surface area contributed by atoms with Gasteiger partial charge in [0.1, 0.15) is 6.61 Å². The Labute approximate surface area is 88.4 Å². The maximum absolute atomic E-state index is 11.1. The highest BCUT2D eigenvalue weighted by Gasteiger charge is 2.12. The van der Waals surface area contributed by atoms with Gasteiger partial charge < -0.3 is 4.74 Å². The molecule has 0 heterocycles. The minimum absolute atomic E-state index is 0.0215. The number of rotatable bonds is 5. The lowest BCUT2D eigenvalue weighted by atomic mass is 10.2. The molecule has 0 aliphatic rings. The third kappa shape index (κ3) is 3.77. The standard InChI is InChI=1S/C12H12O3/c1-2-6-11(13)12(14)15-9-10-7-4-3-5-8-10/h2-5,7-8H,1,6,9H2. The number of ether oxygens (including phenoxy) is 1. The summed E-state index contributed by atoms with van der Waals surface area (Å²) < 4.78 is 4.81. The Bertz CT molecular complexity index is 354. The van der Waals surface area contributed by atoms with Gasteiger partial charge in [-0.25, -0.2) is 4.79 Å². The van der Waals surface area contributed by atoms with Gasteiger partial charge in [0, 0.05) is 6.42 Å². The minimum atomic E-state index is -0.807. The normalized spacial score (nSPS) is 9.33. The third-order valence-electron chi connectivity index (χ3n) is 1.77. The van der Waals surface area contributed by atoms with Crippen molar-refractivity contribution in [1.82, 2.24) is 0 Å². The van der Waals surface area contributed by atoms with Gasteiger partial charge >= 0.3 is 5.97 Å². The van der Waals surface area contributed by atoms with Crippen LogP contribution < -0.4 is 0 Å². The fourth-order valence-corrected chi connectivity index (χ4v) is 1.02. The van der Waals surface area contributed by atoms with Crippen molar-refractivity contribution >= 4 is 11.8 Å². The fraction of sp³-hybridized carbons (Fsp3) is 0.167. The number of Topliss-reactive ketones (excluding diaryl/α,β-unsaturated/α-hetero) is 1. The number of benzene rings is 1. The van der Waals surface area contributed by atoms with E-state index in [1.54, 1.807) is 0 Å². The average Bonchev–Trinajstić information content (AvgIpc) is 2.27. The Morgan fingerprint density at radius 3 is 2.53 bits per heavy atom. The van der Waals surface area contributed by atoms with Crippen LogP contribution in [-0.4, -0.2) is 11.8 Å². The molecule has 0 saturated carbocycles. The van der Waals surface area contributed by atoms with E-state index >= 15 is 0 Å². The topological polar surface area (TPSA) is 43.4 Å². The summed E-state index contributed by atoms with van der Waals surface area (Å²) in [7, 11) is 0. The van der Waals surface area contributed by atoms with Crippen LogP contribution in [0.1, 0.15) is 12.0 Å². The number of allylic oxidation sites excluding steroid dienone is 1. The lowest BCUT2D eigenvalue weighted by molar-refractivity contribution is -0.154. The van der Waals surface area contributed by atoms with Crippen molar-refractivity contribution in [2.45, 2.75) is 13.0 Å². The van der Waals surface area contributed by atoms with Gasteiger partial charge in [-0.2, -0.15) is 0 Å². The first-order valence-electron chi connectivity index (χ1n) is 4.59. The summed E-state index contributed by atoms with van der Waals surface area (Å²) in [6, 6.07) is 9.20. The highest BCUT2D eigenvalue weighted by molar-refractivity contribution is 6.33. The number of esters is 1. The van der Waals surface area contributed by atoms with E-state index in [4.69, 9.17) is 4.74 Å². The van der Waals surface area contributed by atoms with Crippen molar-refractivity contribution in [3.05, 3.63) is 48.6 Å². The monoisotopic (exact) mass is 204 g/mol. The lowest BCUT2D eigenvalue weighted by Crippen LogP contribution is -2.16.